The molecule has 0 radical (unpaired) electrons. The molecule has 1 aliphatic heterocycles. The normalized spacial score (nSPS) is 12.9. The van der Waals surface area contributed by atoms with E-state index >= 15 is 0 Å². The zero-order valence-corrected chi connectivity index (χ0v) is 30.3. The van der Waals surface area contributed by atoms with Crippen molar-refractivity contribution in [2.45, 2.75) is 5.41 Å². The fourth-order valence-corrected chi connectivity index (χ4v) is 8.67. The Morgan fingerprint density at radius 3 is 1.46 bits per heavy atom. The molecule has 4 heteroatoms. The first-order valence-electron chi connectivity index (χ1n) is 18.9. The second-order valence-electron chi connectivity index (χ2n) is 14.4. The van der Waals surface area contributed by atoms with E-state index in [4.69, 9.17) is 19.7 Å². The average molecular weight is 716 g/mol. The van der Waals surface area contributed by atoms with Crippen LogP contribution in [0.1, 0.15) is 22.3 Å². The number of para-hydroxylation sites is 2. The molecule has 0 unspecified atom stereocenters. The molecular weight excluding hydrogens is 683 g/mol. The summed E-state index contributed by atoms with van der Waals surface area (Å²) in [4.78, 5) is 14.8. The number of nitrogens with zero attached hydrogens (tertiary/aromatic N) is 3. The lowest BCUT2D eigenvalue weighted by molar-refractivity contribution is 0.436. The highest BCUT2D eigenvalue weighted by atomic mass is 16.5. The van der Waals surface area contributed by atoms with Crippen LogP contribution in [0.5, 0.6) is 11.5 Å². The third kappa shape index (κ3) is 5.04. The van der Waals surface area contributed by atoms with Crippen LogP contribution in [0.2, 0.25) is 0 Å². The molecule has 262 valence electrons. The van der Waals surface area contributed by atoms with Crippen molar-refractivity contribution in [3.8, 4) is 78.9 Å². The van der Waals surface area contributed by atoms with Crippen LogP contribution in [0, 0.1) is 0 Å². The predicted octanol–water partition coefficient (Wildman–Crippen LogP) is 12.7. The van der Waals surface area contributed by atoms with Gasteiger partial charge < -0.3 is 4.74 Å². The van der Waals surface area contributed by atoms with E-state index in [0.717, 1.165) is 73.1 Å². The lowest BCUT2D eigenvalue weighted by Gasteiger charge is -2.39. The first-order chi connectivity index (χ1) is 27.7. The SMILES string of the molecule is c1ccc(-c2cc(-c3ccc(-c4ccc5c(c4)C4(c6ccccc6Oc6ccccc64)c4cc(-c6ccccn6)ccc4-5)cc3)nc(-c3ccccc3)n2)cc1. The molecule has 0 saturated carbocycles. The van der Waals surface area contributed by atoms with Crippen molar-refractivity contribution in [3.63, 3.8) is 0 Å². The van der Waals surface area contributed by atoms with E-state index in [2.05, 4.69) is 146 Å². The number of fused-ring (bicyclic) bond motifs is 9. The first kappa shape index (κ1) is 32.0. The van der Waals surface area contributed by atoms with Gasteiger partial charge in [0.25, 0.3) is 0 Å². The molecule has 0 saturated heterocycles. The Morgan fingerprint density at radius 2 is 0.839 bits per heavy atom. The highest BCUT2D eigenvalue weighted by Crippen LogP contribution is 2.62. The zero-order valence-electron chi connectivity index (χ0n) is 30.3. The fourth-order valence-electron chi connectivity index (χ4n) is 8.67. The maximum absolute atomic E-state index is 6.63. The van der Waals surface area contributed by atoms with Crippen molar-refractivity contribution in [2.75, 3.05) is 0 Å². The maximum atomic E-state index is 6.63. The summed E-state index contributed by atoms with van der Waals surface area (Å²) in [5.41, 5.74) is 15.8. The molecule has 2 aromatic heterocycles. The van der Waals surface area contributed by atoms with Gasteiger partial charge in [0.05, 0.1) is 22.5 Å². The van der Waals surface area contributed by atoms with Gasteiger partial charge in [-0.3, -0.25) is 4.98 Å². The quantitative estimate of drug-likeness (QED) is 0.178. The minimum absolute atomic E-state index is 0.598. The summed E-state index contributed by atoms with van der Waals surface area (Å²) in [6.45, 7) is 0. The number of hydrogen-bond donors (Lipinski definition) is 0. The molecule has 3 heterocycles. The number of benzene rings is 7. The van der Waals surface area contributed by atoms with Crippen molar-refractivity contribution in [1.82, 2.24) is 15.0 Å². The Hall–Kier alpha value is -7.43. The summed E-state index contributed by atoms with van der Waals surface area (Å²) >= 11 is 0. The van der Waals surface area contributed by atoms with Crippen LogP contribution in [0.4, 0.5) is 0 Å². The number of ether oxygens (including phenoxy) is 1. The lowest BCUT2D eigenvalue weighted by atomic mass is 9.65. The number of pyridine rings is 1. The maximum Gasteiger partial charge on any atom is 0.160 e. The molecule has 0 amide bonds. The van der Waals surface area contributed by atoms with Crippen LogP contribution in [0.25, 0.3) is 67.4 Å². The Labute approximate surface area is 325 Å². The van der Waals surface area contributed by atoms with E-state index < -0.39 is 5.41 Å². The molecule has 56 heavy (non-hydrogen) atoms. The van der Waals surface area contributed by atoms with Gasteiger partial charge in [0.2, 0.25) is 0 Å². The third-order valence-electron chi connectivity index (χ3n) is 11.2. The van der Waals surface area contributed by atoms with Crippen molar-refractivity contribution < 1.29 is 4.74 Å². The van der Waals surface area contributed by atoms with Crippen LogP contribution in [0.15, 0.2) is 200 Å². The second kappa shape index (κ2) is 12.9. The summed E-state index contributed by atoms with van der Waals surface area (Å²) in [6.07, 6.45) is 1.86. The third-order valence-corrected chi connectivity index (χ3v) is 11.2. The van der Waals surface area contributed by atoms with Crippen LogP contribution in [-0.4, -0.2) is 15.0 Å². The van der Waals surface area contributed by atoms with Crippen LogP contribution in [0.3, 0.4) is 0 Å². The molecule has 1 aliphatic carbocycles. The highest BCUT2D eigenvalue weighted by molar-refractivity contribution is 5.92. The van der Waals surface area contributed by atoms with E-state index in [1.807, 2.05) is 54.7 Å². The average Bonchev–Trinajstić information content (AvgIpc) is 3.56. The van der Waals surface area contributed by atoms with E-state index in [0.29, 0.717) is 5.82 Å². The summed E-state index contributed by atoms with van der Waals surface area (Å²) < 4.78 is 6.63. The first-order valence-corrected chi connectivity index (χ1v) is 18.9. The summed E-state index contributed by atoms with van der Waals surface area (Å²) in [6, 6.07) is 68.3. The van der Waals surface area contributed by atoms with Crippen LogP contribution in [-0.2, 0) is 5.41 Å². The van der Waals surface area contributed by atoms with E-state index in [1.165, 1.54) is 22.3 Å². The molecule has 4 nitrogen and oxygen atoms in total. The van der Waals surface area contributed by atoms with Gasteiger partial charge in [-0.05, 0) is 75.8 Å². The van der Waals surface area contributed by atoms with Gasteiger partial charge in [-0.15, -0.1) is 0 Å². The summed E-state index contributed by atoms with van der Waals surface area (Å²) in [5.74, 6) is 2.45. The topological polar surface area (TPSA) is 47.9 Å². The molecule has 7 aromatic carbocycles. The molecule has 2 aliphatic rings. The number of hydrogen-bond acceptors (Lipinski definition) is 4. The van der Waals surface area contributed by atoms with Crippen molar-refractivity contribution in [2.24, 2.45) is 0 Å². The Kier molecular flexibility index (Phi) is 7.36. The standard InChI is InChI=1S/C52H33N3O/c1-3-13-35(14-4-1)47-33-48(55-51(54-47)37-15-5-2-6-16-37)36-24-22-34(23-25-36)38-26-28-40-41-29-27-39(46-19-11-12-30-53-46)32-45(41)52(44(40)31-38)42-17-7-9-20-49(42)56-50-21-10-8-18-43(50)52/h1-33H. The lowest BCUT2D eigenvalue weighted by Crippen LogP contribution is -2.32. The molecule has 0 bridgehead atoms. The molecule has 0 atom stereocenters. The minimum Gasteiger partial charge on any atom is -0.457 e. The summed E-state index contributed by atoms with van der Waals surface area (Å²) in [5, 5.41) is 0. The number of aromatic nitrogens is 3. The van der Waals surface area contributed by atoms with Crippen LogP contribution < -0.4 is 4.74 Å². The predicted molar refractivity (Wildman–Crippen MR) is 224 cm³/mol. The van der Waals surface area contributed by atoms with Gasteiger partial charge in [-0.2, -0.15) is 0 Å². The van der Waals surface area contributed by atoms with Gasteiger partial charge >= 0.3 is 0 Å². The van der Waals surface area contributed by atoms with Gasteiger partial charge in [0.15, 0.2) is 5.82 Å². The Bertz CT molecular complexity index is 2820. The minimum atomic E-state index is -0.598. The molecule has 0 N–H and O–H groups in total. The van der Waals surface area contributed by atoms with Gasteiger partial charge in [-0.1, -0.05) is 152 Å². The molecule has 0 fully saturated rings. The van der Waals surface area contributed by atoms with E-state index in [9.17, 15) is 0 Å². The largest absolute Gasteiger partial charge is 0.457 e. The van der Waals surface area contributed by atoms with Crippen LogP contribution >= 0.6 is 0 Å². The molecule has 1 spiro atoms. The Morgan fingerprint density at radius 1 is 0.339 bits per heavy atom. The van der Waals surface area contributed by atoms with Gasteiger partial charge in [0.1, 0.15) is 11.5 Å². The van der Waals surface area contributed by atoms with Crippen molar-refractivity contribution >= 4 is 0 Å². The van der Waals surface area contributed by atoms with Crippen molar-refractivity contribution in [3.05, 3.63) is 223 Å². The fraction of sp³-hybridized carbons (Fsp3) is 0.0192. The van der Waals surface area contributed by atoms with E-state index in [1.54, 1.807) is 0 Å². The molecule has 9 aromatic rings. The van der Waals surface area contributed by atoms with Gasteiger partial charge in [-0.25, -0.2) is 9.97 Å². The van der Waals surface area contributed by atoms with Gasteiger partial charge in [0, 0.05) is 39.6 Å². The number of rotatable bonds is 5. The molecular formula is C52H33N3O. The second-order valence-corrected chi connectivity index (χ2v) is 14.4. The monoisotopic (exact) mass is 715 g/mol. The smallest absolute Gasteiger partial charge is 0.160 e. The zero-order chi connectivity index (χ0) is 37.1. The summed E-state index contributed by atoms with van der Waals surface area (Å²) in [7, 11) is 0. The van der Waals surface area contributed by atoms with Crippen molar-refractivity contribution in [1.29, 1.82) is 0 Å². The Balaban J connectivity index is 1.07. The highest BCUT2D eigenvalue weighted by Gasteiger charge is 2.51. The molecule has 11 rings (SSSR count). The van der Waals surface area contributed by atoms with E-state index in [-0.39, 0.29) is 0 Å².